The van der Waals surface area contributed by atoms with Crippen LogP contribution in [-0.4, -0.2) is 12.6 Å². The summed E-state index contributed by atoms with van der Waals surface area (Å²) in [6.07, 6.45) is 40.6. The molecule has 2 nitrogen and oxygen atoms in total. The van der Waals surface area contributed by atoms with Crippen molar-refractivity contribution in [2.75, 3.05) is 11.4 Å². The molecule has 7 atom stereocenters. The molecular formula is C50H48N2. The zero-order valence-electron chi connectivity index (χ0n) is 29.9. The Balaban J connectivity index is 0.924. The van der Waals surface area contributed by atoms with E-state index in [9.17, 15) is 0 Å². The van der Waals surface area contributed by atoms with Gasteiger partial charge in [-0.1, -0.05) is 151 Å². The molecule has 1 heterocycles. The molecule has 1 N–H and O–H groups in total. The van der Waals surface area contributed by atoms with Gasteiger partial charge in [-0.3, -0.25) is 0 Å². The molecule has 0 bridgehead atoms. The Kier molecular flexibility index (Phi) is 8.29. The Labute approximate surface area is 309 Å². The van der Waals surface area contributed by atoms with E-state index in [0.717, 1.165) is 19.4 Å². The molecule has 7 aliphatic rings. The van der Waals surface area contributed by atoms with E-state index in [2.05, 4.69) is 168 Å². The molecule has 1 aliphatic heterocycles. The summed E-state index contributed by atoms with van der Waals surface area (Å²) >= 11 is 0. The van der Waals surface area contributed by atoms with E-state index in [4.69, 9.17) is 0 Å². The zero-order chi connectivity index (χ0) is 34.4. The topological polar surface area (TPSA) is 15.3 Å². The third kappa shape index (κ3) is 5.60. The molecule has 258 valence electrons. The van der Waals surface area contributed by atoms with Gasteiger partial charge in [0.1, 0.15) is 0 Å². The molecule has 0 saturated carbocycles. The van der Waals surface area contributed by atoms with Crippen LogP contribution in [0.25, 0.3) is 18.2 Å². The van der Waals surface area contributed by atoms with E-state index in [1.807, 2.05) is 0 Å². The van der Waals surface area contributed by atoms with Crippen molar-refractivity contribution in [2.45, 2.75) is 56.4 Å². The van der Waals surface area contributed by atoms with E-state index in [0.29, 0.717) is 41.5 Å². The van der Waals surface area contributed by atoms with Crippen LogP contribution in [0.4, 0.5) is 5.69 Å². The van der Waals surface area contributed by atoms with Crippen LogP contribution in [0.1, 0.15) is 67.1 Å². The molecule has 0 aromatic heterocycles. The van der Waals surface area contributed by atoms with E-state index >= 15 is 0 Å². The zero-order valence-corrected chi connectivity index (χ0v) is 29.9. The van der Waals surface area contributed by atoms with Crippen LogP contribution in [0.5, 0.6) is 0 Å². The van der Waals surface area contributed by atoms with Crippen LogP contribution in [0.15, 0.2) is 162 Å². The van der Waals surface area contributed by atoms with Gasteiger partial charge < -0.3 is 10.2 Å². The van der Waals surface area contributed by atoms with Crippen molar-refractivity contribution in [1.82, 2.24) is 5.32 Å². The Bertz CT molecular complexity index is 2270. The van der Waals surface area contributed by atoms with Gasteiger partial charge >= 0.3 is 0 Å². The lowest BCUT2D eigenvalue weighted by atomic mass is 9.59. The van der Waals surface area contributed by atoms with Crippen molar-refractivity contribution in [3.8, 4) is 0 Å². The maximum absolute atomic E-state index is 4.13. The summed E-state index contributed by atoms with van der Waals surface area (Å²) in [5.41, 5.74) is 11.6. The molecule has 2 heteroatoms. The molecule has 0 spiro atoms. The fraction of sp³-hybridized carbons (Fsp3) is 0.280. The largest absolute Gasteiger partial charge is 0.313 e. The first-order valence-electron chi connectivity index (χ1n) is 19.8. The third-order valence-electron chi connectivity index (χ3n) is 12.9. The fourth-order valence-electron chi connectivity index (χ4n) is 10.4. The molecule has 3 aromatic rings. The summed E-state index contributed by atoms with van der Waals surface area (Å²) in [5, 5.41) is 6.91. The van der Waals surface area contributed by atoms with Crippen LogP contribution in [0.3, 0.4) is 0 Å². The van der Waals surface area contributed by atoms with Crippen molar-refractivity contribution in [3.05, 3.63) is 189 Å². The number of hydrogen-bond acceptors (Lipinski definition) is 2. The van der Waals surface area contributed by atoms with E-state index in [1.165, 1.54) is 75.5 Å². The Hall–Kier alpha value is -4.92. The first-order valence-corrected chi connectivity index (χ1v) is 19.8. The smallest absolute Gasteiger partial charge is 0.0497 e. The first kappa shape index (κ1) is 31.8. The predicted molar refractivity (Wildman–Crippen MR) is 218 cm³/mol. The quantitative estimate of drug-likeness (QED) is 0.256. The molecule has 3 aromatic carbocycles. The number of para-hydroxylation sites is 1. The van der Waals surface area contributed by atoms with E-state index in [-0.39, 0.29) is 0 Å². The predicted octanol–water partition coefficient (Wildman–Crippen LogP) is 9.78. The number of allylic oxidation sites excluding steroid dienone is 13. The average molecular weight is 677 g/mol. The van der Waals surface area contributed by atoms with Crippen molar-refractivity contribution in [1.29, 1.82) is 0 Å². The number of rotatable bonds is 8. The summed E-state index contributed by atoms with van der Waals surface area (Å²) in [6.45, 7) is 1.01. The lowest BCUT2D eigenvalue weighted by Gasteiger charge is -2.45. The van der Waals surface area contributed by atoms with Gasteiger partial charge in [0.05, 0.1) is 0 Å². The molecule has 0 fully saturated rings. The maximum Gasteiger partial charge on any atom is 0.0497 e. The van der Waals surface area contributed by atoms with Crippen LogP contribution in [0.2, 0.25) is 0 Å². The number of benzene rings is 3. The normalized spacial score (nSPS) is 28.0. The van der Waals surface area contributed by atoms with Gasteiger partial charge in [0.2, 0.25) is 0 Å². The van der Waals surface area contributed by atoms with Gasteiger partial charge in [0, 0.05) is 47.4 Å². The van der Waals surface area contributed by atoms with Gasteiger partial charge in [0.15, 0.2) is 0 Å². The molecule has 7 unspecified atom stereocenters. The van der Waals surface area contributed by atoms with Crippen molar-refractivity contribution >= 4 is 23.9 Å². The molecule has 0 amide bonds. The van der Waals surface area contributed by atoms with Crippen molar-refractivity contribution < 1.29 is 0 Å². The monoisotopic (exact) mass is 676 g/mol. The Morgan fingerprint density at radius 2 is 1.63 bits per heavy atom. The lowest BCUT2D eigenvalue weighted by Crippen LogP contribution is -2.41. The van der Waals surface area contributed by atoms with Gasteiger partial charge in [-0.15, -0.1) is 0 Å². The molecule has 52 heavy (non-hydrogen) atoms. The van der Waals surface area contributed by atoms with E-state index in [1.54, 1.807) is 5.57 Å². The SMILES string of the molecule is C1=CCCC(CCC(NCC2C=CC(N3C4=C5C=CC=CC5C5C=Cc6ccccc6C5C4c4ccccc43)=CC2)C2C=c3ccccc3=CC2)=C1. The van der Waals surface area contributed by atoms with Gasteiger partial charge in [0.25, 0.3) is 0 Å². The fourth-order valence-corrected chi connectivity index (χ4v) is 10.4. The highest BCUT2D eigenvalue weighted by Gasteiger charge is 2.51. The number of nitrogens with zero attached hydrogens (tertiary/aromatic N) is 1. The van der Waals surface area contributed by atoms with Gasteiger partial charge in [-0.05, 0) is 101 Å². The van der Waals surface area contributed by atoms with E-state index < -0.39 is 0 Å². The second-order valence-corrected chi connectivity index (χ2v) is 15.8. The molecule has 10 rings (SSSR count). The van der Waals surface area contributed by atoms with Gasteiger partial charge in [-0.25, -0.2) is 0 Å². The van der Waals surface area contributed by atoms with Crippen LogP contribution >= 0.6 is 0 Å². The summed E-state index contributed by atoms with van der Waals surface area (Å²) in [7, 11) is 0. The molecular weight excluding hydrogens is 629 g/mol. The summed E-state index contributed by atoms with van der Waals surface area (Å²) < 4.78 is 0. The summed E-state index contributed by atoms with van der Waals surface area (Å²) in [4.78, 5) is 2.64. The Morgan fingerprint density at radius 1 is 0.769 bits per heavy atom. The molecule has 0 saturated heterocycles. The molecule has 6 aliphatic carbocycles. The molecule has 0 radical (unpaired) electrons. The van der Waals surface area contributed by atoms with Crippen LogP contribution < -0.4 is 20.7 Å². The first-order chi connectivity index (χ1) is 25.8. The number of hydrogen-bond donors (Lipinski definition) is 1. The number of anilines is 1. The highest BCUT2D eigenvalue weighted by atomic mass is 15.2. The van der Waals surface area contributed by atoms with Crippen LogP contribution in [-0.2, 0) is 0 Å². The standard InChI is InChI=1S/C50H48N2/c1-2-12-34(13-3-1)24-31-46(39-26-25-36-14-4-5-16-38(36)32-39)51-33-35-22-28-40(29-23-35)52-47-21-11-10-20-45(47)49-48-41-17-7-6-15-37(41)27-30-43(48)42-18-8-9-19-44(42)50(49)52/h1-2,4-12,14-22,25,27-30,32,35,39,42-43,46,48-49,51H,3,13,23-24,26,31,33H2. The minimum Gasteiger partial charge on any atom is -0.313 e. The third-order valence-corrected chi connectivity index (χ3v) is 12.9. The summed E-state index contributed by atoms with van der Waals surface area (Å²) in [6, 6.07) is 27.7. The summed E-state index contributed by atoms with van der Waals surface area (Å²) in [5.74, 6) is 2.56. The lowest BCUT2D eigenvalue weighted by molar-refractivity contribution is 0.371. The minimum absolute atomic E-state index is 0.326. The Morgan fingerprint density at radius 3 is 2.52 bits per heavy atom. The maximum atomic E-state index is 4.13. The minimum atomic E-state index is 0.326. The van der Waals surface area contributed by atoms with Crippen molar-refractivity contribution in [3.63, 3.8) is 0 Å². The van der Waals surface area contributed by atoms with Crippen molar-refractivity contribution in [2.24, 2.45) is 23.7 Å². The number of fused-ring (bicyclic) bond motifs is 10. The van der Waals surface area contributed by atoms with Gasteiger partial charge in [-0.2, -0.15) is 0 Å². The van der Waals surface area contributed by atoms with Crippen LogP contribution in [0, 0.1) is 23.7 Å². The average Bonchev–Trinajstić information content (AvgIpc) is 3.56. The second-order valence-electron chi connectivity index (χ2n) is 15.8. The second kappa shape index (κ2) is 13.6. The number of nitrogens with one attached hydrogen (secondary N) is 1. The highest BCUT2D eigenvalue weighted by Crippen LogP contribution is 2.62. The highest BCUT2D eigenvalue weighted by molar-refractivity contribution is 5.78.